The minimum Gasteiger partial charge on any atom is -0.356 e. The van der Waals surface area contributed by atoms with Gasteiger partial charge in [-0.25, -0.2) is 0 Å². The molecule has 0 atom stereocenters. The van der Waals surface area contributed by atoms with Gasteiger partial charge in [0.15, 0.2) is 5.96 Å². The number of aliphatic imine (C=N–C) groups is 1. The Labute approximate surface area is 185 Å². The first-order chi connectivity index (χ1) is 13.3. The molecule has 158 valence electrons. The molecule has 9 heteroatoms. The van der Waals surface area contributed by atoms with E-state index in [1.807, 2.05) is 18.2 Å². The summed E-state index contributed by atoms with van der Waals surface area (Å²) in [6.45, 7) is 0.938. The Bertz CT molecular complexity index is 823. The predicted molar refractivity (Wildman–Crippen MR) is 119 cm³/mol. The van der Waals surface area contributed by atoms with Gasteiger partial charge in [0.2, 0.25) is 0 Å². The maximum Gasteiger partial charge on any atom is 0.416 e. The van der Waals surface area contributed by atoms with Crippen LogP contribution in [0.4, 0.5) is 13.2 Å². The molecule has 0 aliphatic rings. The third-order valence-corrected chi connectivity index (χ3v) is 4.09. The van der Waals surface area contributed by atoms with Gasteiger partial charge in [0.1, 0.15) is 0 Å². The molecule has 0 unspecified atom stereocenters. The molecule has 2 rings (SSSR count). The van der Waals surface area contributed by atoms with Crippen LogP contribution in [0.15, 0.2) is 53.5 Å². The standard InChI is InChI=1S/C20H23F3N4O.HI/c1-24-18(28)16-5-3-4-14(12-16)10-11-26-19(25-2)27-13-15-6-8-17(9-7-15)20(21,22)23;/h3-9,12H,10-11,13H2,1-2H3,(H,24,28)(H2,25,26,27);1H. The zero-order valence-electron chi connectivity index (χ0n) is 16.1. The van der Waals surface area contributed by atoms with E-state index in [0.29, 0.717) is 36.6 Å². The van der Waals surface area contributed by atoms with Crippen molar-refractivity contribution in [1.29, 1.82) is 0 Å². The molecule has 0 fully saturated rings. The summed E-state index contributed by atoms with van der Waals surface area (Å²) in [5, 5.41) is 8.80. The van der Waals surface area contributed by atoms with Crippen molar-refractivity contribution < 1.29 is 18.0 Å². The molecule has 0 radical (unpaired) electrons. The van der Waals surface area contributed by atoms with Crippen LogP contribution in [0, 0.1) is 0 Å². The van der Waals surface area contributed by atoms with Gasteiger partial charge in [0, 0.05) is 32.7 Å². The maximum absolute atomic E-state index is 12.6. The first kappa shape index (κ1) is 24.7. The topological polar surface area (TPSA) is 65.5 Å². The lowest BCUT2D eigenvalue weighted by molar-refractivity contribution is -0.137. The summed E-state index contributed by atoms with van der Waals surface area (Å²) in [7, 11) is 3.21. The highest BCUT2D eigenvalue weighted by Gasteiger charge is 2.29. The van der Waals surface area contributed by atoms with E-state index < -0.39 is 11.7 Å². The highest BCUT2D eigenvalue weighted by atomic mass is 127. The lowest BCUT2D eigenvalue weighted by Gasteiger charge is -2.13. The van der Waals surface area contributed by atoms with Gasteiger partial charge in [-0.05, 0) is 41.8 Å². The summed E-state index contributed by atoms with van der Waals surface area (Å²) in [5.74, 6) is 0.409. The normalized spacial score (nSPS) is 11.4. The van der Waals surface area contributed by atoms with Crippen LogP contribution in [0.1, 0.15) is 27.0 Å². The summed E-state index contributed by atoms with van der Waals surface area (Å²) in [4.78, 5) is 15.8. The zero-order valence-corrected chi connectivity index (χ0v) is 18.5. The van der Waals surface area contributed by atoms with E-state index in [2.05, 4.69) is 20.9 Å². The molecule has 0 heterocycles. The quantitative estimate of drug-likeness (QED) is 0.310. The van der Waals surface area contributed by atoms with Gasteiger partial charge in [-0.15, -0.1) is 24.0 Å². The van der Waals surface area contributed by atoms with Crippen LogP contribution in [0.5, 0.6) is 0 Å². The van der Waals surface area contributed by atoms with E-state index in [-0.39, 0.29) is 29.9 Å². The number of alkyl halides is 3. The molecular formula is C20H24F3IN4O. The summed E-state index contributed by atoms with van der Waals surface area (Å²) in [6.07, 6.45) is -3.65. The molecule has 29 heavy (non-hydrogen) atoms. The van der Waals surface area contributed by atoms with Crippen LogP contribution < -0.4 is 16.0 Å². The SMILES string of the molecule is CN=C(NCCc1cccc(C(=O)NC)c1)NCc1ccc(C(F)(F)F)cc1.I. The first-order valence-electron chi connectivity index (χ1n) is 8.75. The summed E-state index contributed by atoms with van der Waals surface area (Å²) >= 11 is 0. The molecule has 3 N–H and O–H groups in total. The molecule has 0 saturated carbocycles. The van der Waals surface area contributed by atoms with Gasteiger partial charge in [-0.3, -0.25) is 9.79 Å². The molecular weight excluding hydrogens is 496 g/mol. The Morgan fingerprint density at radius 1 is 1.03 bits per heavy atom. The number of nitrogens with zero attached hydrogens (tertiary/aromatic N) is 1. The minimum absolute atomic E-state index is 0. The van der Waals surface area contributed by atoms with Crippen molar-refractivity contribution in [3.8, 4) is 0 Å². The van der Waals surface area contributed by atoms with Crippen LogP contribution >= 0.6 is 24.0 Å². The van der Waals surface area contributed by atoms with Crippen molar-refractivity contribution in [2.75, 3.05) is 20.6 Å². The number of nitrogens with one attached hydrogen (secondary N) is 3. The number of hydrogen-bond acceptors (Lipinski definition) is 2. The fraction of sp³-hybridized carbons (Fsp3) is 0.300. The molecule has 0 aromatic heterocycles. The van der Waals surface area contributed by atoms with Crippen LogP contribution in [0.2, 0.25) is 0 Å². The molecule has 0 bridgehead atoms. The van der Waals surface area contributed by atoms with Crippen LogP contribution in [0.25, 0.3) is 0 Å². The Hall–Kier alpha value is -2.30. The Balaban J connectivity index is 0.00000420. The van der Waals surface area contributed by atoms with Crippen molar-refractivity contribution >= 4 is 35.8 Å². The molecule has 0 aliphatic heterocycles. The Morgan fingerprint density at radius 3 is 2.31 bits per heavy atom. The van der Waals surface area contributed by atoms with Gasteiger partial charge in [0.05, 0.1) is 5.56 Å². The molecule has 2 aromatic rings. The van der Waals surface area contributed by atoms with Gasteiger partial charge in [-0.2, -0.15) is 13.2 Å². The van der Waals surface area contributed by atoms with Crippen LogP contribution in [-0.2, 0) is 19.1 Å². The van der Waals surface area contributed by atoms with E-state index in [9.17, 15) is 18.0 Å². The number of rotatable bonds is 6. The number of carbonyl (C=O) groups excluding carboxylic acids is 1. The average Bonchev–Trinajstić information content (AvgIpc) is 2.69. The third kappa shape index (κ3) is 7.92. The summed E-state index contributed by atoms with van der Waals surface area (Å²) < 4.78 is 37.8. The number of halogens is 4. The number of hydrogen-bond donors (Lipinski definition) is 3. The third-order valence-electron chi connectivity index (χ3n) is 4.09. The molecule has 0 spiro atoms. The molecule has 5 nitrogen and oxygen atoms in total. The minimum atomic E-state index is -4.33. The van der Waals surface area contributed by atoms with Crippen molar-refractivity contribution in [2.24, 2.45) is 4.99 Å². The summed E-state index contributed by atoms with van der Waals surface area (Å²) in [5.41, 5.74) is 1.66. The second kappa shape index (κ2) is 11.6. The Kier molecular flexibility index (Phi) is 9.93. The van der Waals surface area contributed by atoms with E-state index in [1.165, 1.54) is 12.1 Å². The highest BCUT2D eigenvalue weighted by molar-refractivity contribution is 14.0. The van der Waals surface area contributed by atoms with Crippen molar-refractivity contribution in [3.63, 3.8) is 0 Å². The average molecular weight is 520 g/mol. The molecule has 1 amide bonds. The van der Waals surface area contributed by atoms with E-state index in [0.717, 1.165) is 17.7 Å². The largest absolute Gasteiger partial charge is 0.416 e. The number of carbonyl (C=O) groups is 1. The Morgan fingerprint density at radius 2 is 1.72 bits per heavy atom. The second-order valence-corrected chi connectivity index (χ2v) is 6.08. The smallest absolute Gasteiger partial charge is 0.356 e. The second-order valence-electron chi connectivity index (χ2n) is 6.08. The number of benzene rings is 2. The molecule has 0 saturated heterocycles. The highest BCUT2D eigenvalue weighted by Crippen LogP contribution is 2.29. The van der Waals surface area contributed by atoms with Gasteiger partial charge < -0.3 is 16.0 Å². The monoisotopic (exact) mass is 520 g/mol. The maximum atomic E-state index is 12.6. The van der Waals surface area contributed by atoms with E-state index >= 15 is 0 Å². The molecule has 2 aromatic carbocycles. The fourth-order valence-corrected chi connectivity index (χ4v) is 2.56. The lowest BCUT2D eigenvalue weighted by Crippen LogP contribution is -2.37. The van der Waals surface area contributed by atoms with Crippen molar-refractivity contribution in [2.45, 2.75) is 19.1 Å². The van der Waals surface area contributed by atoms with Gasteiger partial charge in [0.25, 0.3) is 5.91 Å². The fourth-order valence-electron chi connectivity index (χ4n) is 2.56. The zero-order chi connectivity index (χ0) is 20.6. The van der Waals surface area contributed by atoms with E-state index in [4.69, 9.17) is 0 Å². The van der Waals surface area contributed by atoms with E-state index in [1.54, 1.807) is 20.2 Å². The van der Waals surface area contributed by atoms with Crippen LogP contribution in [0.3, 0.4) is 0 Å². The number of amides is 1. The lowest BCUT2D eigenvalue weighted by atomic mass is 10.1. The predicted octanol–water partition coefficient (Wildman–Crippen LogP) is 3.59. The van der Waals surface area contributed by atoms with Crippen molar-refractivity contribution in [1.82, 2.24) is 16.0 Å². The van der Waals surface area contributed by atoms with Crippen LogP contribution in [-0.4, -0.2) is 32.5 Å². The van der Waals surface area contributed by atoms with Gasteiger partial charge in [-0.1, -0.05) is 24.3 Å². The number of guanidine groups is 1. The van der Waals surface area contributed by atoms with Crippen molar-refractivity contribution in [3.05, 3.63) is 70.8 Å². The van der Waals surface area contributed by atoms with Gasteiger partial charge >= 0.3 is 6.18 Å². The molecule has 0 aliphatic carbocycles. The summed E-state index contributed by atoms with van der Waals surface area (Å²) in [6, 6.07) is 12.4. The first-order valence-corrected chi connectivity index (χ1v) is 8.75.